The van der Waals surface area contributed by atoms with Crippen LogP contribution in [0, 0.1) is 0 Å². The third kappa shape index (κ3) is 3.56. The van der Waals surface area contributed by atoms with Crippen molar-refractivity contribution in [1.82, 2.24) is 4.90 Å². The van der Waals surface area contributed by atoms with Gasteiger partial charge in [0.15, 0.2) is 0 Å². The molecule has 0 bridgehead atoms. The summed E-state index contributed by atoms with van der Waals surface area (Å²) in [5.41, 5.74) is 5.97. The number of likely N-dealkylation sites (tertiary alicyclic amines) is 1. The number of methoxy groups -OCH3 is 1. The molecule has 1 saturated heterocycles. The molecule has 0 saturated carbocycles. The van der Waals surface area contributed by atoms with E-state index in [2.05, 4.69) is 11.8 Å². The van der Waals surface area contributed by atoms with E-state index >= 15 is 0 Å². The second kappa shape index (κ2) is 6.38. The Kier molecular flexibility index (Phi) is 5.45. The quantitative estimate of drug-likeness (QED) is 0.725. The molecule has 2 N–H and O–H groups in total. The third-order valence-corrected chi connectivity index (χ3v) is 2.99. The molecule has 3 nitrogen and oxygen atoms in total. The normalized spacial score (nSPS) is 26.4. The monoisotopic (exact) mass is 200 g/mol. The maximum atomic E-state index is 5.97. The Hall–Kier alpha value is -0.120. The standard InChI is InChI=1S/C11H24N2O/c1-3-5-11(9-14-2)13-7-4-6-10(12)8-13/h10-11H,3-9,12H2,1-2H3. The summed E-state index contributed by atoms with van der Waals surface area (Å²) >= 11 is 0. The molecule has 0 aromatic rings. The Morgan fingerprint density at radius 3 is 2.93 bits per heavy atom. The first kappa shape index (κ1) is 12.0. The average molecular weight is 200 g/mol. The lowest BCUT2D eigenvalue weighted by Crippen LogP contribution is -2.49. The highest BCUT2D eigenvalue weighted by Gasteiger charge is 2.23. The molecule has 14 heavy (non-hydrogen) atoms. The number of hydrogen-bond acceptors (Lipinski definition) is 3. The SMILES string of the molecule is CCCC(COC)N1CCCC(N)C1. The van der Waals surface area contributed by atoms with Crippen molar-refractivity contribution in [3.63, 3.8) is 0 Å². The highest BCUT2D eigenvalue weighted by molar-refractivity contribution is 4.80. The molecule has 0 spiro atoms. The first-order valence-electron chi connectivity index (χ1n) is 5.76. The Bertz CT molecular complexity index is 143. The minimum atomic E-state index is 0.375. The van der Waals surface area contributed by atoms with Crippen LogP contribution in [0.5, 0.6) is 0 Å². The summed E-state index contributed by atoms with van der Waals surface area (Å²) in [6.45, 7) is 5.32. The van der Waals surface area contributed by atoms with Gasteiger partial charge in [-0.15, -0.1) is 0 Å². The molecule has 0 amide bonds. The molecule has 1 aliphatic rings. The minimum absolute atomic E-state index is 0.375. The second-order valence-electron chi connectivity index (χ2n) is 4.30. The Labute approximate surface area is 87.6 Å². The molecule has 2 unspecified atom stereocenters. The zero-order valence-electron chi connectivity index (χ0n) is 9.54. The summed E-state index contributed by atoms with van der Waals surface area (Å²) in [7, 11) is 1.78. The van der Waals surface area contributed by atoms with E-state index in [1.54, 1.807) is 7.11 Å². The molecule has 0 radical (unpaired) electrons. The fourth-order valence-electron chi connectivity index (χ4n) is 2.27. The zero-order chi connectivity index (χ0) is 10.4. The predicted octanol–water partition coefficient (Wildman–Crippen LogP) is 1.22. The van der Waals surface area contributed by atoms with Crippen molar-refractivity contribution in [2.75, 3.05) is 26.8 Å². The van der Waals surface area contributed by atoms with Crippen LogP contribution in [0.2, 0.25) is 0 Å². The molecule has 0 aromatic carbocycles. The number of piperidine rings is 1. The van der Waals surface area contributed by atoms with Crippen LogP contribution in [-0.4, -0.2) is 43.8 Å². The van der Waals surface area contributed by atoms with Gasteiger partial charge in [0.2, 0.25) is 0 Å². The van der Waals surface area contributed by atoms with Crippen molar-refractivity contribution < 1.29 is 4.74 Å². The van der Waals surface area contributed by atoms with Gasteiger partial charge >= 0.3 is 0 Å². The highest BCUT2D eigenvalue weighted by Crippen LogP contribution is 2.15. The molecule has 1 heterocycles. The second-order valence-corrected chi connectivity index (χ2v) is 4.30. The summed E-state index contributed by atoms with van der Waals surface area (Å²) in [6, 6.07) is 0.955. The lowest BCUT2D eigenvalue weighted by Gasteiger charge is -2.36. The largest absolute Gasteiger partial charge is 0.383 e. The zero-order valence-corrected chi connectivity index (χ0v) is 9.54. The molecule has 1 rings (SSSR count). The van der Waals surface area contributed by atoms with Crippen LogP contribution in [0.3, 0.4) is 0 Å². The number of hydrogen-bond donors (Lipinski definition) is 1. The lowest BCUT2D eigenvalue weighted by molar-refractivity contribution is 0.0664. The van der Waals surface area contributed by atoms with Crippen molar-refractivity contribution >= 4 is 0 Å². The number of rotatable bonds is 5. The highest BCUT2D eigenvalue weighted by atomic mass is 16.5. The van der Waals surface area contributed by atoms with Crippen molar-refractivity contribution in [3.8, 4) is 0 Å². The van der Waals surface area contributed by atoms with Crippen LogP contribution in [0.15, 0.2) is 0 Å². The van der Waals surface area contributed by atoms with Gasteiger partial charge in [-0.3, -0.25) is 4.90 Å². The molecule has 0 aromatic heterocycles. The van der Waals surface area contributed by atoms with E-state index < -0.39 is 0 Å². The Morgan fingerprint density at radius 1 is 1.57 bits per heavy atom. The van der Waals surface area contributed by atoms with Crippen LogP contribution >= 0.6 is 0 Å². The molecule has 1 fully saturated rings. The van der Waals surface area contributed by atoms with Gasteiger partial charge in [-0.05, 0) is 25.8 Å². The molecule has 1 aliphatic heterocycles. The third-order valence-electron chi connectivity index (χ3n) is 2.99. The van der Waals surface area contributed by atoms with Crippen molar-refractivity contribution in [2.45, 2.75) is 44.7 Å². The maximum absolute atomic E-state index is 5.97. The molecule has 0 aliphatic carbocycles. The van der Waals surface area contributed by atoms with Gasteiger partial charge in [0.05, 0.1) is 6.61 Å². The average Bonchev–Trinajstić information content (AvgIpc) is 2.17. The minimum Gasteiger partial charge on any atom is -0.383 e. The van der Waals surface area contributed by atoms with Crippen LogP contribution in [0.1, 0.15) is 32.6 Å². The van der Waals surface area contributed by atoms with E-state index in [0.29, 0.717) is 12.1 Å². The van der Waals surface area contributed by atoms with E-state index in [1.165, 1.54) is 32.2 Å². The number of nitrogens with two attached hydrogens (primary N) is 1. The van der Waals surface area contributed by atoms with Crippen molar-refractivity contribution in [1.29, 1.82) is 0 Å². The molecule has 84 valence electrons. The Balaban J connectivity index is 2.39. The first-order valence-corrected chi connectivity index (χ1v) is 5.76. The number of ether oxygens (including phenoxy) is 1. The van der Waals surface area contributed by atoms with Crippen LogP contribution in [0.4, 0.5) is 0 Å². The van der Waals surface area contributed by atoms with Gasteiger partial charge in [-0.2, -0.15) is 0 Å². The molecular formula is C11H24N2O. The topological polar surface area (TPSA) is 38.5 Å². The smallest absolute Gasteiger partial charge is 0.0618 e. The van der Waals surface area contributed by atoms with Crippen LogP contribution in [-0.2, 0) is 4.74 Å². The van der Waals surface area contributed by atoms with Gasteiger partial charge < -0.3 is 10.5 Å². The van der Waals surface area contributed by atoms with E-state index in [1.807, 2.05) is 0 Å². The van der Waals surface area contributed by atoms with Gasteiger partial charge in [-0.1, -0.05) is 13.3 Å². The van der Waals surface area contributed by atoms with E-state index in [4.69, 9.17) is 10.5 Å². The van der Waals surface area contributed by atoms with Crippen LogP contribution in [0.25, 0.3) is 0 Å². The Morgan fingerprint density at radius 2 is 2.36 bits per heavy atom. The predicted molar refractivity (Wildman–Crippen MR) is 59.4 cm³/mol. The van der Waals surface area contributed by atoms with E-state index in [9.17, 15) is 0 Å². The van der Waals surface area contributed by atoms with Gasteiger partial charge in [0.25, 0.3) is 0 Å². The molecular weight excluding hydrogens is 176 g/mol. The van der Waals surface area contributed by atoms with Gasteiger partial charge in [-0.25, -0.2) is 0 Å². The van der Waals surface area contributed by atoms with E-state index in [0.717, 1.165) is 13.2 Å². The fourth-order valence-corrected chi connectivity index (χ4v) is 2.27. The molecule has 3 heteroatoms. The lowest BCUT2D eigenvalue weighted by atomic mass is 10.0. The molecule has 2 atom stereocenters. The van der Waals surface area contributed by atoms with Crippen molar-refractivity contribution in [2.24, 2.45) is 5.73 Å². The summed E-state index contributed by atoms with van der Waals surface area (Å²) < 4.78 is 5.26. The van der Waals surface area contributed by atoms with Crippen molar-refractivity contribution in [3.05, 3.63) is 0 Å². The van der Waals surface area contributed by atoms with Gasteiger partial charge in [0, 0.05) is 25.7 Å². The maximum Gasteiger partial charge on any atom is 0.0618 e. The van der Waals surface area contributed by atoms with E-state index in [-0.39, 0.29) is 0 Å². The summed E-state index contributed by atoms with van der Waals surface area (Å²) in [5, 5.41) is 0. The fraction of sp³-hybridized carbons (Fsp3) is 1.00. The van der Waals surface area contributed by atoms with Crippen LogP contribution < -0.4 is 5.73 Å². The summed E-state index contributed by atoms with van der Waals surface area (Å²) in [6.07, 6.45) is 4.87. The first-order chi connectivity index (χ1) is 6.77. The van der Waals surface area contributed by atoms with Gasteiger partial charge in [0.1, 0.15) is 0 Å². The number of nitrogens with zero attached hydrogens (tertiary/aromatic N) is 1. The summed E-state index contributed by atoms with van der Waals surface area (Å²) in [4.78, 5) is 2.50. The summed E-state index contributed by atoms with van der Waals surface area (Å²) in [5.74, 6) is 0.